The number of hydrogen-bond acceptors (Lipinski definition) is 4. The van der Waals surface area contributed by atoms with Gasteiger partial charge in [-0.15, -0.1) is 6.42 Å². The summed E-state index contributed by atoms with van der Waals surface area (Å²) >= 11 is 5.93. The van der Waals surface area contributed by atoms with Crippen molar-refractivity contribution in [3.63, 3.8) is 0 Å². The molecule has 0 heterocycles. The molecule has 4 nitrogen and oxygen atoms in total. The summed E-state index contributed by atoms with van der Waals surface area (Å²) in [6.45, 7) is 1.32. The SMILES string of the molecule is C#Cc1c(N)c(C(C)=O)cc(C(=O)OC)c1Cl. The van der Waals surface area contributed by atoms with Crippen LogP contribution in [0.2, 0.25) is 5.02 Å². The summed E-state index contributed by atoms with van der Waals surface area (Å²) in [5, 5.41) is 0.0156. The van der Waals surface area contributed by atoms with E-state index in [0.29, 0.717) is 0 Å². The summed E-state index contributed by atoms with van der Waals surface area (Å²) in [5.41, 5.74) is 6.11. The number of anilines is 1. The number of methoxy groups -OCH3 is 1. The number of halogens is 1. The van der Waals surface area contributed by atoms with Crippen LogP contribution in [0, 0.1) is 12.3 Å². The zero-order valence-electron chi connectivity index (χ0n) is 9.33. The second-order valence-corrected chi connectivity index (χ2v) is 3.64. The summed E-state index contributed by atoms with van der Waals surface area (Å²) in [5.74, 6) is 1.28. The normalized spacial score (nSPS) is 9.53. The molecule has 0 atom stereocenters. The Morgan fingerprint density at radius 3 is 2.47 bits per heavy atom. The van der Waals surface area contributed by atoms with Crippen molar-refractivity contribution in [2.45, 2.75) is 6.92 Å². The van der Waals surface area contributed by atoms with Crippen LogP contribution in [-0.2, 0) is 4.74 Å². The highest BCUT2D eigenvalue weighted by Gasteiger charge is 2.20. The van der Waals surface area contributed by atoms with Crippen LogP contribution in [0.4, 0.5) is 5.69 Å². The Hall–Kier alpha value is -1.99. The molecule has 1 rings (SSSR count). The molecule has 0 spiro atoms. The van der Waals surface area contributed by atoms with E-state index in [0.717, 1.165) is 0 Å². The average Bonchev–Trinajstić information content (AvgIpc) is 2.28. The van der Waals surface area contributed by atoms with Gasteiger partial charge < -0.3 is 10.5 Å². The Bertz CT molecular complexity index is 544. The molecular formula is C12H10ClNO3. The quantitative estimate of drug-likeness (QED) is 0.377. The van der Waals surface area contributed by atoms with Gasteiger partial charge in [-0.25, -0.2) is 4.79 Å². The van der Waals surface area contributed by atoms with Crippen molar-refractivity contribution in [1.82, 2.24) is 0 Å². The summed E-state index contributed by atoms with van der Waals surface area (Å²) in [7, 11) is 1.21. The highest BCUT2D eigenvalue weighted by atomic mass is 35.5. The molecule has 0 aliphatic rings. The molecule has 17 heavy (non-hydrogen) atoms. The van der Waals surface area contributed by atoms with Gasteiger partial charge in [0.1, 0.15) is 0 Å². The van der Waals surface area contributed by atoms with E-state index < -0.39 is 5.97 Å². The van der Waals surface area contributed by atoms with Crippen LogP contribution in [0.1, 0.15) is 33.2 Å². The van der Waals surface area contributed by atoms with Gasteiger partial charge in [0.25, 0.3) is 0 Å². The topological polar surface area (TPSA) is 69.4 Å². The van der Waals surface area contributed by atoms with Gasteiger partial charge in [-0.05, 0) is 13.0 Å². The van der Waals surface area contributed by atoms with E-state index in [9.17, 15) is 9.59 Å². The molecule has 0 saturated carbocycles. The lowest BCUT2D eigenvalue weighted by molar-refractivity contribution is 0.0601. The summed E-state index contributed by atoms with van der Waals surface area (Å²) < 4.78 is 4.55. The van der Waals surface area contributed by atoms with E-state index in [1.807, 2.05) is 0 Å². The van der Waals surface area contributed by atoms with Crippen molar-refractivity contribution in [3.8, 4) is 12.3 Å². The first-order valence-electron chi connectivity index (χ1n) is 4.61. The standard InChI is InChI=1S/C12H10ClNO3/c1-4-7-10(13)9(12(16)17-3)5-8(6(2)15)11(7)14/h1,5H,14H2,2-3H3. The highest BCUT2D eigenvalue weighted by molar-refractivity contribution is 6.35. The van der Waals surface area contributed by atoms with Crippen molar-refractivity contribution in [1.29, 1.82) is 0 Å². The van der Waals surface area contributed by atoms with Gasteiger partial charge in [-0.2, -0.15) is 0 Å². The number of ketones is 1. The van der Waals surface area contributed by atoms with Crippen LogP contribution >= 0.6 is 11.6 Å². The maximum Gasteiger partial charge on any atom is 0.339 e. The fraction of sp³-hybridized carbons (Fsp3) is 0.167. The van der Waals surface area contributed by atoms with Crippen LogP contribution in [0.3, 0.4) is 0 Å². The average molecular weight is 252 g/mol. The van der Waals surface area contributed by atoms with E-state index in [1.165, 1.54) is 20.1 Å². The Morgan fingerprint density at radius 2 is 2.06 bits per heavy atom. The first-order valence-corrected chi connectivity index (χ1v) is 4.99. The fourth-order valence-corrected chi connectivity index (χ4v) is 1.65. The van der Waals surface area contributed by atoms with E-state index in [1.54, 1.807) is 0 Å². The Balaban J connectivity index is 3.66. The molecule has 5 heteroatoms. The van der Waals surface area contributed by atoms with Gasteiger partial charge in [0.05, 0.1) is 28.9 Å². The number of hydrogen-bond donors (Lipinski definition) is 1. The number of nitrogen functional groups attached to an aromatic ring is 1. The molecule has 0 fully saturated rings. The lowest BCUT2D eigenvalue weighted by atomic mass is 10.0. The number of carbonyl (C=O) groups is 2. The third-order valence-corrected chi connectivity index (χ3v) is 2.63. The zero-order valence-corrected chi connectivity index (χ0v) is 10.1. The van der Waals surface area contributed by atoms with Gasteiger partial charge in [-0.1, -0.05) is 17.5 Å². The zero-order chi connectivity index (χ0) is 13.2. The number of esters is 1. The summed E-state index contributed by atoms with van der Waals surface area (Å²) in [6.07, 6.45) is 5.25. The third kappa shape index (κ3) is 2.24. The first-order chi connectivity index (χ1) is 7.93. The number of benzene rings is 1. The molecule has 0 radical (unpaired) electrons. The Labute approximate surface area is 104 Å². The van der Waals surface area contributed by atoms with Crippen molar-refractivity contribution >= 4 is 29.0 Å². The van der Waals surface area contributed by atoms with Gasteiger partial charge in [0.15, 0.2) is 5.78 Å². The Kier molecular flexibility index (Phi) is 3.77. The van der Waals surface area contributed by atoms with Gasteiger partial charge >= 0.3 is 5.97 Å². The smallest absolute Gasteiger partial charge is 0.339 e. The molecule has 0 unspecified atom stereocenters. The highest BCUT2D eigenvalue weighted by Crippen LogP contribution is 2.30. The maximum atomic E-state index is 11.5. The minimum absolute atomic E-state index is 0.0156. The van der Waals surface area contributed by atoms with Crippen molar-refractivity contribution in [2.24, 2.45) is 0 Å². The van der Waals surface area contributed by atoms with Gasteiger partial charge in [-0.3, -0.25) is 4.79 Å². The van der Waals surface area contributed by atoms with E-state index in [4.69, 9.17) is 23.8 Å². The minimum Gasteiger partial charge on any atom is -0.465 e. The lowest BCUT2D eigenvalue weighted by Crippen LogP contribution is -2.09. The van der Waals surface area contributed by atoms with Crippen LogP contribution in [0.5, 0.6) is 0 Å². The molecule has 0 aliphatic heterocycles. The number of terminal acetylenes is 1. The molecule has 0 aromatic heterocycles. The molecule has 0 amide bonds. The Morgan fingerprint density at radius 1 is 1.47 bits per heavy atom. The van der Waals surface area contributed by atoms with E-state index in [-0.39, 0.29) is 33.2 Å². The monoisotopic (exact) mass is 251 g/mol. The number of Topliss-reactive ketones (excluding diaryl/α,β-unsaturated/α-hetero) is 1. The van der Waals surface area contributed by atoms with E-state index in [2.05, 4.69) is 10.7 Å². The molecule has 0 saturated heterocycles. The number of rotatable bonds is 2. The molecule has 0 aliphatic carbocycles. The number of ether oxygens (including phenoxy) is 1. The maximum absolute atomic E-state index is 11.5. The van der Waals surface area contributed by atoms with Gasteiger partial charge in [0, 0.05) is 5.56 Å². The predicted octanol–water partition coefficient (Wildman–Crippen LogP) is 1.89. The second kappa shape index (κ2) is 4.89. The molecule has 2 N–H and O–H groups in total. The first kappa shape index (κ1) is 13.1. The minimum atomic E-state index is -0.672. The summed E-state index contributed by atoms with van der Waals surface area (Å²) in [6, 6.07) is 1.28. The van der Waals surface area contributed by atoms with Crippen LogP contribution in [0.15, 0.2) is 6.07 Å². The molecule has 1 aromatic rings. The summed E-state index contributed by atoms with van der Waals surface area (Å²) in [4.78, 5) is 22.8. The molecule has 1 aromatic carbocycles. The van der Waals surface area contributed by atoms with Crippen LogP contribution < -0.4 is 5.73 Å². The van der Waals surface area contributed by atoms with Crippen molar-refractivity contribution in [3.05, 3.63) is 27.8 Å². The van der Waals surface area contributed by atoms with Crippen LogP contribution in [0.25, 0.3) is 0 Å². The molecule has 88 valence electrons. The number of nitrogens with two attached hydrogens (primary N) is 1. The van der Waals surface area contributed by atoms with Crippen LogP contribution in [-0.4, -0.2) is 18.9 Å². The van der Waals surface area contributed by atoms with E-state index >= 15 is 0 Å². The van der Waals surface area contributed by atoms with Crippen molar-refractivity contribution in [2.75, 3.05) is 12.8 Å². The lowest BCUT2D eigenvalue weighted by Gasteiger charge is -2.10. The largest absolute Gasteiger partial charge is 0.465 e. The fourth-order valence-electron chi connectivity index (χ4n) is 1.36. The van der Waals surface area contributed by atoms with Crippen molar-refractivity contribution < 1.29 is 14.3 Å². The number of carbonyl (C=O) groups excluding carboxylic acids is 2. The molecule has 0 bridgehead atoms. The van der Waals surface area contributed by atoms with Gasteiger partial charge in [0.2, 0.25) is 0 Å². The molecular weight excluding hydrogens is 242 g/mol. The third-order valence-electron chi connectivity index (χ3n) is 2.23. The second-order valence-electron chi connectivity index (χ2n) is 3.27. The predicted molar refractivity (Wildman–Crippen MR) is 65.1 cm³/mol.